The molecule has 0 spiro atoms. The maximum atomic E-state index is 14.7. The zero-order valence-corrected chi connectivity index (χ0v) is 26.1. The van der Waals surface area contributed by atoms with Crippen LogP contribution in [0.3, 0.4) is 0 Å². The highest BCUT2D eigenvalue weighted by Gasteiger charge is 2.57. The third kappa shape index (κ3) is 5.34. The molecule has 0 saturated heterocycles. The van der Waals surface area contributed by atoms with Crippen LogP contribution < -0.4 is 9.46 Å². The minimum Gasteiger partial charge on any atom is -0.497 e. The average Bonchev–Trinajstić information content (AvgIpc) is 3.44. The fourth-order valence-corrected chi connectivity index (χ4v) is 8.64. The molecule has 0 aliphatic heterocycles. The minimum atomic E-state index is -5.31. The maximum Gasteiger partial charge on any atom is 0.348 e. The number of aryl methyl sites for hydroxylation is 1. The SMILES string of the molecule is COc1ccc(-c2cccc3oc(C(c4ccccc4)(c4ccccc4)P(=O)(O)O)c(S(=O)(=O)Nc4ccc(C)cc4)c23)cc1. The zero-order chi connectivity index (χ0) is 31.8. The first-order chi connectivity index (χ1) is 21.6. The van der Waals surface area contributed by atoms with E-state index in [9.17, 15) is 22.8 Å². The lowest BCUT2D eigenvalue weighted by molar-refractivity contribution is 0.335. The summed E-state index contributed by atoms with van der Waals surface area (Å²) in [4.78, 5) is 22.4. The van der Waals surface area contributed by atoms with Crippen molar-refractivity contribution in [1.29, 1.82) is 0 Å². The summed E-state index contributed by atoms with van der Waals surface area (Å²) in [5.41, 5.74) is 2.85. The standard InChI is InChI=1S/C35H30NO7PS/c1-24-16-20-28(21-17-24)36-45(40,41)33-32-30(25-18-22-29(42-2)23-19-25)14-9-15-31(32)43-34(33)35(44(37,38)39,26-10-5-3-6-11-26)27-12-7-4-8-13-27/h3-23,36H,1-2H3,(H2,37,38,39). The molecular weight excluding hydrogens is 609 g/mol. The lowest BCUT2D eigenvalue weighted by Crippen LogP contribution is -2.31. The average molecular weight is 640 g/mol. The molecule has 45 heavy (non-hydrogen) atoms. The number of methoxy groups -OCH3 is 1. The predicted molar refractivity (Wildman–Crippen MR) is 175 cm³/mol. The van der Waals surface area contributed by atoms with Gasteiger partial charge < -0.3 is 18.9 Å². The van der Waals surface area contributed by atoms with Crippen LogP contribution in [0.2, 0.25) is 0 Å². The Hall–Kier alpha value is -4.66. The number of anilines is 1. The third-order valence-electron chi connectivity index (χ3n) is 7.79. The molecule has 0 unspecified atom stereocenters. The molecule has 0 amide bonds. The highest BCUT2D eigenvalue weighted by atomic mass is 32.2. The van der Waals surface area contributed by atoms with Gasteiger partial charge in [0.25, 0.3) is 10.0 Å². The highest BCUT2D eigenvalue weighted by Crippen LogP contribution is 2.66. The first kappa shape index (κ1) is 30.4. The number of hydrogen-bond donors (Lipinski definition) is 3. The molecule has 0 aliphatic carbocycles. The topological polar surface area (TPSA) is 126 Å². The van der Waals surface area contributed by atoms with Crippen LogP contribution in [0.25, 0.3) is 22.1 Å². The van der Waals surface area contributed by atoms with Gasteiger partial charge in [0, 0.05) is 11.1 Å². The van der Waals surface area contributed by atoms with Gasteiger partial charge in [0.2, 0.25) is 0 Å². The second-order valence-corrected chi connectivity index (χ2v) is 14.0. The molecule has 0 atom stereocenters. The first-order valence-corrected chi connectivity index (χ1v) is 17.1. The number of benzene rings is 5. The molecule has 10 heteroatoms. The number of hydrogen-bond acceptors (Lipinski definition) is 5. The van der Waals surface area contributed by atoms with Gasteiger partial charge in [-0.15, -0.1) is 0 Å². The van der Waals surface area contributed by atoms with Crippen molar-refractivity contribution in [3.05, 3.63) is 150 Å². The van der Waals surface area contributed by atoms with Crippen molar-refractivity contribution in [3.63, 3.8) is 0 Å². The Kier molecular flexibility index (Phi) is 7.89. The molecule has 1 aromatic heterocycles. The monoisotopic (exact) mass is 639 g/mol. The van der Waals surface area contributed by atoms with Crippen LogP contribution in [0.15, 0.2) is 137 Å². The van der Waals surface area contributed by atoms with Gasteiger partial charge in [0.15, 0.2) is 10.9 Å². The normalized spacial score (nSPS) is 12.3. The molecule has 6 rings (SSSR count). The Morgan fingerprint density at radius 2 is 1.33 bits per heavy atom. The van der Waals surface area contributed by atoms with Gasteiger partial charge >= 0.3 is 7.60 Å². The molecule has 0 saturated carbocycles. The van der Waals surface area contributed by atoms with Crippen LogP contribution in [0.5, 0.6) is 5.75 Å². The summed E-state index contributed by atoms with van der Waals surface area (Å²) < 4.78 is 57.7. The molecule has 8 nitrogen and oxygen atoms in total. The number of furan rings is 1. The van der Waals surface area contributed by atoms with Gasteiger partial charge in [0.05, 0.1) is 7.11 Å². The zero-order valence-electron chi connectivity index (χ0n) is 24.4. The third-order valence-corrected chi connectivity index (χ3v) is 10.8. The first-order valence-electron chi connectivity index (χ1n) is 14.0. The molecule has 0 aliphatic rings. The second-order valence-electron chi connectivity index (χ2n) is 10.6. The van der Waals surface area contributed by atoms with Crippen LogP contribution in [0, 0.1) is 6.92 Å². The van der Waals surface area contributed by atoms with Crippen LogP contribution in [-0.2, 0) is 19.7 Å². The van der Waals surface area contributed by atoms with Crippen molar-refractivity contribution < 1.29 is 31.9 Å². The Labute approximate surface area is 261 Å². The van der Waals surface area contributed by atoms with E-state index in [4.69, 9.17) is 9.15 Å². The summed E-state index contributed by atoms with van der Waals surface area (Å²) in [5, 5.41) is -2.15. The largest absolute Gasteiger partial charge is 0.497 e. The van der Waals surface area contributed by atoms with Crippen molar-refractivity contribution in [1.82, 2.24) is 0 Å². The van der Waals surface area contributed by atoms with E-state index in [1.54, 1.807) is 135 Å². The number of rotatable bonds is 9. The Bertz CT molecular complexity index is 2080. The van der Waals surface area contributed by atoms with Crippen molar-refractivity contribution in [3.8, 4) is 16.9 Å². The van der Waals surface area contributed by atoms with Gasteiger partial charge in [-0.3, -0.25) is 9.29 Å². The van der Waals surface area contributed by atoms with E-state index >= 15 is 0 Å². The smallest absolute Gasteiger partial charge is 0.348 e. The lowest BCUT2D eigenvalue weighted by Gasteiger charge is -2.34. The van der Waals surface area contributed by atoms with Crippen LogP contribution in [-0.4, -0.2) is 25.3 Å². The number of ether oxygens (including phenoxy) is 1. The Morgan fingerprint density at radius 3 is 1.87 bits per heavy atom. The fourth-order valence-electron chi connectivity index (χ4n) is 5.71. The highest BCUT2D eigenvalue weighted by molar-refractivity contribution is 7.93. The molecule has 0 bridgehead atoms. The van der Waals surface area contributed by atoms with Crippen LogP contribution >= 0.6 is 7.60 Å². The van der Waals surface area contributed by atoms with Gasteiger partial charge in [0.1, 0.15) is 16.2 Å². The summed E-state index contributed by atoms with van der Waals surface area (Å²) in [6.07, 6.45) is 0. The number of sulfonamides is 1. The summed E-state index contributed by atoms with van der Waals surface area (Å²) >= 11 is 0. The summed E-state index contributed by atoms with van der Waals surface area (Å²) in [6, 6.07) is 35.2. The molecule has 5 aromatic carbocycles. The molecule has 0 fully saturated rings. The van der Waals surface area contributed by atoms with Crippen LogP contribution in [0.4, 0.5) is 5.69 Å². The van der Waals surface area contributed by atoms with E-state index in [1.165, 1.54) is 0 Å². The Morgan fingerprint density at radius 1 is 0.756 bits per heavy atom. The number of nitrogens with one attached hydrogen (secondary N) is 1. The summed E-state index contributed by atoms with van der Waals surface area (Å²) in [7, 11) is -8.32. The summed E-state index contributed by atoms with van der Waals surface area (Å²) in [6.45, 7) is 1.88. The summed E-state index contributed by atoms with van der Waals surface area (Å²) in [5.74, 6) is 0.213. The van der Waals surface area contributed by atoms with Gasteiger partial charge in [-0.1, -0.05) is 103 Å². The molecule has 1 heterocycles. The molecule has 228 valence electrons. The minimum absolute atomic E-state index is 0.146. The fraction of sp³-hybridized carbons (Fsp3) is 0.0857. The molecule has 3 N–H and O–H groups in total. The van der Waals surface area contributed by atoms with E-state index in [2.05, 4.69) is 4.72 Å². The molecule has 0 radical (unpaired) electrons. The number of fused-ring (bicyclic) bond motifs is 1. The van der Waals surface area contributed by atoms with Crippen LogP contribution in [0.1, 0.15) is 22.5 Å². The van der Waals surface area contributed by atoms with E-state index in [0.29, 0.717) is 16.9 Å². The quantitative estimate of drug-likeness (QED) is 0.139. The van der Waals surface area contributed by atoms with Crippen molar-refractivity contribution in [2.75, 3.05) is 11.8 Å². The van der Waals surface area contributed by atoms with Gasteiger partial charge in [-0.2, -0.15) is 0 Å². The molecular formula is C35H30NO7PS. The van der Waals surface area contributed by atoms with Crippen molar-refractivity contribution in [2.24, 2.45) is 0 Å². The Balaban J connectivity index is 1.78. The van der Waals surface area contributed by atoms with E-state index in [-0.39, 0.29) is 32.7 Å². The van der Waals surface area contributed by atoms with E-state index in [1.807, 2.05) is 6.92 Å². The van der Waals surface area contributed by atoms with E-state index < -0.39 is 28.5 Å². The lowest BCUT2D eigenvalue weighted by atomic mass is 9.87. The predicted octanol–water partition coefficient (Wildman–Crippen LogP) is 7.69. The van der Waals surface area contributed by atoms with Gasteiger partial charge in [-0.25, -0.2) is 8.42 Å². The van der Waals surface area contributed by atoms with Gasteiger partial charge in [-0.05, 0) is 59.5 Å². The van der Waals surface area contributed by atoms with E-state index in [0.717, 1.165) is 5.56 Å². The maximum absolute atomic E-state index is 14.7. The van der Waals surface area contributed by atoms with Crippen molar-refractivity contribution >= 4 is 34.3 Å². The second kappa shape index (κ2) is 11.7. The van der Waals surface area contributed by atoms with Crippen molar-refractivity contribution in [2.45, 2.75) is 17.0 Å². The molecule has 6 aromatic rings.